The van der Waals surface area contributed by atoms with Gasteiger partial charge in [-0.2, -0.15) is 0 Å². The summed E-state index contributed by atoms with van der Waals surface area (Å²) in [6.45, 7) is 3.28. The van der Waals surface area contributed by atoms with Crippen LogP contribution in [0.3, 0.4) is 0 Å². The zero-order valence-corrected chi connectivity index (χ0v) is 10.2. The Bertz CT molecular complexity index is 495. The summed E-state index contributed by atoms with van der Waals surface area (Å²) < 4.78 is 0. The maximum atomic E-state index is 11.6. The van der Waals surface area contributed by atoms with Gasteiger partial charge in [0.2, 0.25) is 0 Å². The summed E-state index contributed by atoms with van der Waals surface area (Å²) in [7, 11) is 0. The number of hydrogen-bond acceptors (Lipinski definition) is 2. The summed E-state index contributed by atoms with van der Waals surface area (Å²) >= 11 is 5.90. The van der Waals surface area contributed by atoms with Gasteiger partial charge in [0, 0.05) is 22.4 Å². The third-order valence-corrected chi connectivity index (χ3v) is 2.54. The zero-order chi connectivity index (χ0) is 13.0. The number of carboxylic acids is 1. The lowest BCUT2D eigenvalue weighted by molar-refractivity contribution is -0.131. The number of nitrogens with one attached hydrogen (secondary N) is 1. The molecule has 0 radical (unpaired) electrons. The van der Waals surface area contributed by atoms with E-state index in [2.05, 4.69) is 5.32 Å². The fourth-order valence-corrected chi connectivity index (χ4v) is 1.33. The number of rotatable bonds is 3. The first-order chi connectivity index (χ1) is 7.90. The van der Waals surface area contributed by atoms with E-state index in [4.69, 9.17) is 16.7 Å². The summed E-state index contributed by atoms with van der Waals surface area (Å²) in [6, 6.07) is 5.09. The number of benzene rings is 1. The van der Waals surface area contributed by atoms with Crippen LogP contribution in [-0.2, 0) is 9.59 Å². The monoisotopic (exact) mass is 253 g/mol. The van der Waals surface area contributed by atoms with Crippen LogP contribution in [0.4, 0.5) is 5.69 Å². The maximum absolute atomic E-state index is 11.6. The lowest BCUT2D eigenvalue weighted by Gasteiger charge is -2.06. The fraction of sp³-hybridized carbons (Fsp3) is 0.167. The number of hydrogen-bond donors (Lipinski definition) is 2. The van der Waals surface area contributed by atoms with Gasteiger partial charge in [0.05, 0.1) is 0 Å². The van der Waals surface area contributed by atoms with Crippen molar-refractivity contribution in [2.24, 2.45) is 0 Å². The van der Waals surface area contributed by atoms with E-state index in [0.29, 0.717) is 10.7 Å². The van der Waals surface area contributed by atoms with Crippen LogP contribution >= 0.6 is 11.6 Å². The van der Waals surface area contributed by atoms with Gasteiger partial charge >= 0.3 is 5.97 Å². The Labute approximate surface area is 104 Å². The van der Waals surface area contributed by atoms with Crippen LogP contribution in [0.25, 0.3) is 0 Å². The minimum Gasteiger partial charge on any atom is -0.478 e. The summed E-state index contributed by atoms with van der Waals surface area (Å²) in [5.74, 6) is -1.62. The molecule has 4 nitrogen and oxygen atoms in total. The van der Waals surface area contributed by atoms with Crippen LogP contribution < -0.4 is 5.32 Å². The average molecular weight is 254 g/mol. The highest BCUT2D eigenvalue weighted by Crippen LogP contribution is 2.20. The van der Waals surface area contributed by atoms with Gasteiger partial charge in [-0.1, -0.05) is 17.7 Å². The van der Waals surface area contributed by atoms with Crippen LogP contribution in [0.2, 0.25) is 5.02 Å². The predicted molar refractivity (Wildman–Crippen MR) is 66.2 cm³/mol. The van der Waals surface area contributed by atoms with Gasteiger partial charge in [-0.15, -0.1) is 0 Å². The van der Waals surface area contributed by atoms with Gasteiger partial charge in [0.1, 0.15) is 0 Å². The molecule has 2 N–H and O–H groups in total. The van der Waals surface area contributed by atoms with E-state index < -0.39 is 11.9 Å². The molecule has 0 aliphatic rings. The smallest absolute Gasteiger partial charge is 0.328 e. The molecule has 1 rings (SSSR count). The SMILES string of the molecule is C/C(=C\C(=O)O)C(=O)Nc1ccc(C)c(Cl)c1. The summed E-state index contributed by atoms with van der Waals surface area (Å²) in [5, 5.41) is 11.6. The predicted octanol–water partition coefficient (Wildman–Crippen LogP) is 2.62. The van der Waals surface area contributed by atoms with Crippen molar-refractivity contribution in [1.82, 2.24) is 0 Å². The third kappa shape index (κ3) is 3.92. The standard InChI is InChI=1S/C12H12ClNO3/c1-7-3-4-9(6-10(7)13)14-12(17)8(2)5-11(15)16/h3-6H,1-2H3,(H,14,17)(H,15,16)/b8-5+. The minimum atomic E-state index is -1.15. The Morgan fingerprint density at radius 1 is 1.41 bits per heavy atom. The number of carbonyl (C=O) groups excluding carboxylic acids is 1. The molecule has 0 aromatic heterocycles. The Kier molecular flexibility index (Phi) is 4.29. The third-order valence-electron chi connectivity index (χ3n) is 2.13. The van der Waals surface area contributed by atoms with Gasteiger partial charge in [0.25, 0.3) is 5.91 Å². The average Bonchev–Trinajstić information content (AvgIpc) is 2.22. The van der Waals surface area contributed by atoms with E-state index in [0.717, 1.165) is 11.6 Å². The van der Waals surface area contributed by atoms with Crippen molar-refractivity contribution in [1.29, 1.82) is 0 Å². The number of carboxylic acid groups (broad SMARTS) is 1. The van der Waals surface area contributed by atoms with Gasteiger partial charge in [0.15, 0.2) is 0 Å². The van der Waals surface area contributed by atoms with E-state index >= 15 is 0 Å². The molecule has 0 unspecified atom stereocenters. The van der Waals surface area contributed by atoms with Crippen LogP contribution in [0.5, 0.6) is 0 Å². The Hall–Kier alpha value is -1.81. The number of amides is 1. The molecule has 0 atom stereocenters. The van der Waals surface area contributed by atoms with Crippen molar-refractivity contribution in [2.45, 2.75) is 13.8 Å². The van der Waals surface area contributed by atoms with Gasteiger partial charge < -0.3 is 10.4 Å². The molecule has 1 aromatic carbocycles. The van der Waals surface area contributed by atoms with Crippen LogP contribution in [-0.4, -0.2) is 17.0 Å². The molecule has 17 heavy (non-hydrogen) atoms. The molecule has 0 aliphatic carbocycles. The van der Waals surface area contributed by atoms with E-state index in [1.54, 1.807) is 18.2 Å². The van der Waals surface area contributed by atoms with Gasteiger partial charge in [-0.05, 0) is 31.5 Å². The van der Waals surface area contributed by atoms with E-state index in [9.17, 15) is 9.59 Å². The Morgan fingerprint density at radius 3 is 2.59 bits per heavy atom. The molecular weight excluding hydrogens is 242 g/mol. The van der Waals surface area contributed by atoms with Crippen molar-refractivity contribution < 1.29 is 14.7 Å². The van der Waals surface area contributed by atoms with Crippen molar-refractivity contribution in [3.63, 3.8) is 0 Å². The second-order valence-electron chi connectivity index (χ2n) is 3.58. The summed E-state index contributed by atoms with van der Waals surface area (Å²) in [4.78, 5) is 21.9. The highest BCUT2D eigenvalue weighted by Gasteiger charge is 2.07. The quantitative estimate of drug-likeness (QED) is 0.814. The molecule has 0 aliphatic heterocycles. The first-order valence-corrected chi connectivity index (χ1v) is 5.26. The van der Waals surface area contributed by atoms with Crippen LogP contribution in [0.1, 0.15) is 12.5 Å². The summed E-state index contributed by atoms with van der Waals surface area (Å²) in [6.07, 6.45) is 0.852. The van der Waals surface area contributed by atoms with E-state index in [-0.39, 0.29) is 5.57 Å². The minimum absolute atomic E-state index is 0.120. The molecule has 0 spiro atoms. The largest absolute Gasteiger partial charge is 0.478 e. The topological polar surface area (TPSA) is 66.4 Å². The van der Waals surface area contributed by atoms with Crippen molar-refractivity contribution in [2.75, 3.05) is 5.32 Å². The molecule has 90 valence electrons. The van der Waals surface area contributed by atoms with Gasteiger partial charge in [-0.3, -0.25) is 4.79 Å². The van der Waals surface area contributed by atoms with Crippen molar-refractivity contribution in [3.8, 4) is 0 Å². The molecule has 0 heterocycles. The maximum Gasteiger partial charge on any atom is 0.328 e. The van der Waals surface area contributed by atoms with Gasteiger partial charge in [-0.25, -0.2) is 4.79 Å². The number of halogens is 1. The van der Waals surface area contributed by atoms with Crippen LogP contribution in [0.15, 0.2) is 29.8 Å². The molecule has 0 saturated heterocycles. The number of aryl methyl sites for hydroxylation is 1. The fourth-order valence-electron chi connectivity index (χ4n) is 1.15. The first-order valence-electron chi connectivity index (χ1n) is 4.89. The number of anilines is 1. The Balaban J connectivity index is 2.81. The Morgan fingerprint density at radius 2 is 2.06 bits per heavy atom. The number of carbonyl (C=O) groups is 2. The second-order valence-corrected chi connectivity index (χ2v) is 3.99. The highest BCUT2D eigenvalue weighted by molar-refractivity contribution is 6.31. The molecule has 0 saturated carbocycles. The second kappa shape index (κ2) is 5.50. The summed E-state index contributed by atoms with van der Waals surface area (Å²) in [5.41, 5.74) is 1.56. The molecule has 5 heteroatoms. The molecule has 1 aromatic rings. The van der Waals surface area contributed by atoms with E-state index in [1.807, 2.05) is 6.92 Å². The van der Waals surface area contributed by atoms with E-state index in [1.165, 1.54) is 6.92 Å². The molecule has 0 fully saturated rings. The molecule has 0 bridgehead atoms. The zero-order valence-electron chi connectivity index (χ0n) is 9.45. The molecule has 1 amide bonds. The lowest BCUT2D eigenvalue weighted by atomic mass is 10.2. The van der Waals surface area contributed by atoms with Crippen molar-refractivity contribution in [3.05, 3.63) is 40.4 Å². The number of aliphatic carboxylic acids is 1. The lowest BCUT2D eigenvalue weighted by Crippen LogP contribution is -2.13. The normalized spacial score (nSPS) is 11.1. The molecular formula is C12H12ClNO3. The highest BCUT2D eigenvalue weighted by atomic mass is 35.5. The first kappa shape index (κ1) is 13.3. The van der Waals surface area contributed by atoms with Crippen LogP contribution in [0, 0.1) is 6.92 Å². The van der Waals surface area contributed by atoms with Crippen molar-refractivity contribution >= 4 is 29.2 Å².